The fourth-order valence-electron chi connectivity index (χ4n) is 11.7. The van der Waals surface area contributed by atoms with E-state index in [0.717, 1.165) is 90.7 Å². The maximum Gasteiger partial charge on any atom is 0.407 e. The molecule has 1 aliphatic heterocycles. The van der Waals surface area contributed by atoms with Crippen LogP contribution in [0.15, 0.2) is 126 Å². The minimum absolute atomic E-state index is 0.142. The molecular formula is C65H79BrN16O8. The van der Waals surface area contributed by atoms with E-state index in [1.807, 2.05) is 57.2 Å². The maximum atomic E-state index is 14.1. The molecule has 0 radical (unpaired) electrons. The quantitative estimate of drug-likeness (QED) is 0.0328. The Hall–Kier alpha value is -8.94. The number of nitrogens with one attached hydrogen (secondary N) is 7. The van der Waals surface area contributed by atoms with Gasteiger partial charge in [-0.05, 0) is 183 Å². The highest BCUT2D eigenvalue weighted by Crippen LogP contribution is 2.34. The topological polar surface area (TPSA) is 333 Å². The molecule has 2 saturated carbocycles. The van der Waals surface area contributed by atoms with E-state index in [0.29, 0.717) is 68.2 Å². The first-order chi connectivity index (χ1) is 43.4. The van der Waals surface area contributed by atoms with Gasteiger partial charge in [0.15, 0.2) is 0 Å². The molecule has 3 aliphatic rings. The summed E-state index contributed by atoms with van der Waals surface area (Å²) in [5, 5.41) is 51.7. The van der Waals surface area contributed by atoms with Crippen LogP contribution in [0.4, 0.5) is 21.0 Å². The van der Waals surface area contributed by atoms with Crippen LogP contribution < -0.4 is 37.2 Å². The number of anilines is 2. The van der Waals surface area contributed by atoms with Gasteiger partial charge in [-0.3, -0.25) is 29.0 Å². The number of nitrogens with zero attached hydrogens (tertiary/aromatic N) is 8. The molecular weight excluding hydrogens is 1210 g/mol. The van der Waals surface area contributed by atoms with Gasteiger partial charge in [0, 0.05) is 97.5 Å². The molecule has 10 N–H and O–H groups in total. The van der Waals surface area contributed by atoms with Gasteiger partial charge in [-0.15, -0.1) is 20.4 Å². The van der Waals surface area contributed by atoms with Crippen molar-refractivity contribution >= 4 is 63.1 Å². The molecule has 24 nitrogen and oxygen atoms in total. The minimum Gasteiger partial charge on any atom is -0.465 e. The first-order valence-electron chi connectivity index (χ1n) is 30.6. The molecule has 5 aromatic carbocycles. The second-order valence-corrected chi connectivity index (χ2v) is 25.1. The molecule has 7 aromatic rings. The number of ether oxygens (including phenoxy) is 1. The number of hydrogen-bond acceptors (Lipinski definition) is 15. The Morgan fingerprint density at radius 3 is 1.80 bits per heavy atom. The number of amides is 6. The van der Waals surface area contributed by atoms with Gasteiger partial charge in [-0.25, -0.2) is 9.59 Å². The molecule has 0 spiro atoms. The van der Waals surface area contributed by atoms with Gasteiger partial charge >= 0.3 is 12.2 Å². The summed E-state index contributed by atoms with van der Waals surface area (Å²) < 4.78 is 6.25. The van der Waals surface area contributed by atoms with Crippen molar-refractivity contribution in [2.45, 2.75) is 109 Å². The predicted molar refractivity (Wildman–Crippen MR) is 343 cm³/mol. The first-order valence-corrected chi connectivity index (χ1v) is 31.4. The van der Waals surface area contributed by atoms with Gasteiger partial charge in [-0.2, -0.15) is 10.4 Å². The summed E-state index contributed by atoms with van der Waals surface area (Å²) in [6.07, 6.45) is 4.72. The van der Waals surface area contributed by atoms with Gasteiger partial charge in [-0.1, -0.05) is 76.6 Å². The van der Waals surface area contributed by atoms with E-state index in [1.54, 1.807) is 53.4 Å². The maximum absolute atomic E-state index is 14.1. The SMILES string of the molecule is CC(C)(C)OC(=O)NCC1CCC(C(=O)N(c2ccc(-c3nn[nH]n3)cc2)[C@@H](Cc2ccc(Br)cc2)C(N)=O)CC1.O=C(O)NCC1CCC(C(=O)N[C@@H](Cc2ccc(-c3ccccc3CN3CCNCC3)cc2)C(=O)Nc2ccc(-c3nn[nH]n3)cc2)CC1. The lowest BCUT2D eigenvalue weighted by molar-refractivity contribution is -0.130. The van der Waals surface area contributed by atoms with Crippen LogP contribution in [0.2, 0.25) is 0 Å². The highest BCUT2D eigenvalue weighted by molar-refractivity contribution is 9.10. The summed E-state index contributed by atoms with van der Waals surface area (Å²) >= 11 is 3.44. The molecule has 25 heteroatoms. The monoisotopic (exact) mass is 1290 g/mol. The molecule has 2 aromatic heterocycles. The van der Waals surface area contributed by atoms with Crippen molar-refractivity contribution in [1.82, 2.24) is 67.4 Å². The number of hydrogen-bond donors (Lipinski definition) is 9. The number of halogens is 1. The van der Waals surface area contributed by atoms with Crippen LogP contribution in [0.5, 0.6) is 0 Å². The smallest absolute Gasteiger partial charge is 0.407 e. The van der Waals surface area contributed by atoms with Crippen molar-refractivity contribution in [2.24, 2.45) is 29.4 Å². The Kier molecular flexibility index (Phi) is 22.9. The first kappa shape index (κ1) is 65.5. The van der Waals surface area contributed by atoms with Crippen LogP contribution in [0, 0.1) is 23.7 Å². The average Bonchev–Trinajstić information content (AvgIpc) is 3.72. The number of carbonyl (C=O) groups is 6. The zero-order chi connectivity index (χ0) is 63.6. The van der Waals surface area contributed by atoms with E-state index in [4.69, 9.17) is 15.6 Å². The van der Waals surface area contributed by atoms with Crippen LogP contribution >= 0.6 is 15.9 Å². The van der Waals surface area contributed by atoms with E-state index in [9.17, 15) is 28.8 Å². The molecule has 3 heterocycles. The third kappa shape index (κ3) is 19.0. The van der Waals surface area contributed by atoms with Crippen LogP contribution in [0.3, 0.4) is 0 Å². The Morgan fingerprint density at radius 2 is 1.23 bits per heavy atom. The van der Waals surface area contributed by atoms with Gasteiger partial charge in [0.2, 0.25) is 35.3 Å². The molecule has 6 amide bonds. The van der Waals surface area contributed by atoms with E-state index in [1.165, 1.54) is 11.1 Å². The molecule has 2 atom stereocenters. The summed E-state index contributed by atoms with van der Waals surface area (Å²) in [6, 6.07) is 36.9. The van der Waals surface area contributed by atoms with Crippen molar-refractivity contribution < 1.29 is 38.6 Å². The minimum atomic E-state index is -1.04. The second kappa shape index (κ2) is 31.5. The summed E-state index contributed by atoms with van der Waals surface area (Å²) in [5.74, 6) is -0.396. The third-order valence-electron chi connectivity index (χ3n) is 16.6. The molecule has 1 saturated heterocycles. The van der Waals surface area contributed by atoms with Crippen molar-refractivity contribution in [3.63, 3.8) is 0 Å². The zero-order valence-electron chi connectivity index (χ0n) is 50.9. The predicted octanol–water partition coefficient (Wildman–Crippen LogP) is 8.07. The van der Waals surface area contributed by atoms with Crippen molar-refractivity contribution in [1.29, 1.82) is 0 Å². The Bertz CT molecular complexity index is 3460. The number of carbonyl (C=O) groups excluding carboxylic acids is 5. The molecule has 474 valence electrons. The summed E-state index contributed by atoms with van der Waals surface area (Å²) in [6.45, 7) is 11.3. The Morgan fingerprint density at radius 1 is 0.689 bits per heavy atom. The zero-order valence-corrected chi connectivity index (χ0v) is 52.5. The number of H-pyrrole nitrogens is 2. The number of alkyl carbamates (subject to hydrolysis) is 1. The number of nitrogens with two attached hydrogens (primary N) is 1. The number of aromatic amines is 2. The highest BCUT2D eigenvalue weighted by Gasteiger charge is 2.37. The number of carboxylic acid groups (broad SMARTS) is 1. The van der Waals surface area contributed by atoms with Gasteiger partial charge < -0.3 is 42.2 Å². The molecule has 0 bridgehead atoms. The molecule has 2 aliphatic carbocycles. The van der Waals surface area contributed by atoms with Crippen LogP contribution in [-0.2, 0) is 43.3 Å². The fourth-order valence-corrected chi connectivity index (χ4v) is 12.0. The number of rotatable bonds is 21. The van der Waals surface area contributed by atoms with E-state index < -0.39 is 35.8 Å². The number of primary amides is 1. The van der Waals surface area contributed by atoms with E-state index in [2.05, 4.69) is 125 Å². The van der Waals surface area contributed by atoms with Crippen LogP contribution in [-0.4, -0.2) is 144 Å². The fraction of sp³-hybridized carbons (Fsp3) is 0.415. The lowest BCUT2D eigenvalue weighted by atomic mass is 9.81. The van der Waals surface area contributed by atoms with Gasteiger partial charge in [0.1, 0.15) is 17.7 Å². The lowest BCUT2D eigenvalue weighted by Crippen LogP contribution is -2.52. The number of tetrazole rings is 2. The standard InChI is InChI=1S/C36H43N9O4.C29H36BrN7O4/c46-34(28-11-7-25(8-12-28)22-38-36(48)49)40-32(35(47)39-30-15-13-27(14-16-30)33-41-43-44-42-33)21-24-5-9-26(10-6-24)31-4-2-1-3-29(31)23-45-19-17-37-18-20-45;1-29(2,3)41-28(40)32-17-19-4-8-21(9-5-19)27(39)37(23-14-10-20(11-15-23)26-33-35-36-34-26)24(25(31)38)16-18-6-12-22(30)13-7-18/h1-6,9-10,13-16,25,28,32,37-38H,7-8,11-12,17-23H2,(H,39,47)(H,40,46)(H,48,49)(H,41,42,43,44);6-7,10-15,19,21,24H,4-5,8-9,16-17H2,1-3H3,(H2,31,38)(H,32,40)(H,33,34,35,36)/t25?,28?,32-;19?,21?,24-/m00/s1. The van der Waals surface area contributed by atoms with Crippen molar-refractivity contribution in [3.05, 3.63) is 142 Å². The lowest BCUT2D eigenvalue weighted by Gasteiger charge is -2.36. The van der Waals surface area contributed by atoms with E-state index in [-0.39, 0.29) is 47.8 Å². The average molecular weight is 1290 g/mol. The number of benzene rings is 5. The van der Waals surface area contributed by atoms with Gasteiger partial charge in [0.05, 0.1) is 0 Å². The van der Waals surface area contributed by atoms with Crippen LogP contribution in [0.1, 0.15) is 88.8 Å². The van der Waals surface area contributed by atoms with Gasteiger partial charge in [0.25, 0.3) is 0 Å². The molecule has 90 heavy (non-hydrogen) atoms. The summed E-state index contributed by atoms with van der Waals surface area (Å²) in [7, 11) is 0. The Balaban J connectivity index is 0.000000217. The molecule has 10 rings (SSSR count). The largest absolute Gasteiger partial charge is 0.465 e. The molecule has 0 unspecified atom stereocenters. The van der Waals surface area contributed by atoms with Crippen LogP contribution in [0.25, 0.3) is 33.9 Å². The number of aromatic nitrogens is 8. The van der Waals surface area contributed by atoms with Crippen molar-refractivity contribution in [2.75, 3.05) is 49.5 Å². The summed E-state index contributed by atoms with van der Waals surface area (Å²) in [5.41, 5.74) is 13.4. The molecule has 3 fully saturated rings. The third-order valence-corrected chi connectivity index (χ3v) is 17.1. The number of piperazine rings is 1. The Labute approximate surface area is 531 Å². The second-order valence-electron chi connectivity index (χ2n) is 24.2. The highest BCUT2D eigenvalue weighted by atomic mass is 79.9. The normalized spacial score (nSPS) is 18.3. The van der Waals surface area contributed by atoms with E-state index >= 15 is 0 Å². The summed E-state index contributed by atoms with van der Waals surface area (Å²) in [4.78, 5) is 81.2. The van der Waals surface area contributed by atoms with Crippen molar-refractivity contribution in [3.8, 4) is 33.9 Å².